The summed E-state index contributed by atoms with van der Waals surface area (Å²) in [5.74, 6) is 0.532. The standard InChI is InChI=1S/C18H20N2O3/c1-13-12-23-17(14-6-4-3-5-7-14)11-20(13)18(21)16-10-15(22-2)8-9-19-16/h3-10,13,17H,11-12H2,1-2H3/t13-,17-/m1/s1. The van der Waals surface area contributed by atoms with E-state index in [0.717, 1.165) is 5.56 Å². The molecule has 2 aromatic rings. The molecule has 0 saturated carbocycles. The fourth-order valence-corrected chi connectivity index (χ4v) is 2.71. The van der Waals surface area contributed by atoms with Gasteiger partial charge in [0.2, 0.25) is 0 Å². The number of aromatic nitrogens is 1. The number of hydrogen-bond acceptors (Lipinski definition) is 4. The van der Waals surface area contributed by atoms with Gasteiger partial charge in [0.1, 0.15) is 17.5 Å². The minimum Gasteiger partial charge on any atom is -0.497 e. The Morgan fingerprint density at radius 1 is 1.30 bits per heavy atom. The van der Waals surface area contributed by atoms with Crippen molar-refractivity contribution in [3.8, 4) is 5.75 Å². The maximum absolute atomic E-state index is 12.8. The zero-order chi connectivity index (χ0) is 16.2. The molecule has 2 atom stereocenters. The second-order valence-corrected chi connectivity index (χ2v) is 5.62. The molecule has 0 bridgehead atoms. The zero-order valence-electron chi connectivity index (χ0n) is 13.3. The molecule has 120 valence electrons. The second kappa shape index (κ2) is 6.79. The van der Waals surface area contributed by atoms with Gasteiger partial charge in [-0.2, -0.15) is 0 Å². The highest BCUT2D eigenvalue weighted by Gasteiger charge is 2.31. The van der Waals surface area contributed by atoms with E-state index in [9.17, 15) is 4.79 Å². The molecular formula is C18H20N2O3. The van der Waals surface area contributed by atoms with Gasteiger partial charge in [-0.15, -0.1) is 0 Å². The smallest absolute Gasteiger partial charge is 0.273 e. The van der Waals surface area contributed by atoms with Gasteiger partial charge in [-0.3, -0.25) is 9.78 Å². The molecule has 0 N–H and O–H groups in total. The van der Waals surface area contributed by atoms with Crippen molar-refractivity contribution in [3.63, 3.8) is 0 Å². The van der Waals surface area contributed by atoms with Crippen molar-refractivity contribution < 1.29 is 14.3 Å². The number of amides is 1. The van der Waals surface area contributed by atoms with Gasteiger partial charge in [-0.25, -0.2) is 0 Å². The molecule has 3 rings (SSSR count). The van der Waals surface area contributed by atoms with Crippen LogP contribution >= 0.6 is 0 Å². The summed E-state index contributed by atoms with van der Waals surface area (Å²) in [6.07, 6.45) is 1.48. The van der Waals surface area contributed by atoms with Crippen LogP contribution in [-0.4, -0.2) is 42.1 Å². The van der Waals surface area contributed by atoms with E-state index in [4.69, 9.17) is 9.47 Å². The van der Waals surface area contributed by atoms with E-state index >= 15 is 0 Å². The van der Waals surface area contributed by atoms with Gasteiger partial charge in [0.05, 0.1) is 26.3 Å². The van der Waals surface area contributed by atoms with Gasteiger partial charge in [-0.05, 0) is 18.6 Å². The summed E-state index contributed by atoms with van der Waals surface area (Å²) in [6, 6.07) is 13.4. The second-order valence-electron chi connectivity index (χ2n) is 5.62. The number of pyridine rings is 1. The molecule has 0 unspecified atom stereocenters. The van der Waals surface area contributed by atoms with Crippen LogP contribution in [0.5, 0.6) is 5.75 Å². The summed E-state index contributed by atoms with van der Waals surface area (Å²) in [5, 5.41) is 0. The number of nitrogens with zero attached hydrogens (tertiary/aromatic N) is 2. The number of morpholine rings is 1. The maximum atomic E-state index is 12.8. The van der Waals surface area contributed by atoms with Gasteiger partial charge in [0, 0.05) is 12.3 Å². The van der Waals surface area contributed by atoms with Crippen LogP contribution in [0.3, 0.4) is 0 Å². The summed E-state index contributed by atoms with van der Waals surface area (Å²) in [7, 11) is 1.58. The summed E-state index contributed by atoms with van der Waals surface area (Å²) in [6.45, 7) is 3.01. The first kappa shape index (κ1) is 15.5. The van der Waals surface area contributed by atoms with Crippen LogP contribution in [0.1, 0.15) is 29.1 Å². The van der Waals surface area contributed by atoms with Gasteiger partial charge in [-0.1, -0.05) is 30.3 Å². The molecular weight excluding hydrogens is 292 g/mol. The molecule has 23 heavy (non-hydrogen) atoms. The molecule has 1 aromatic carbocycles. The molecule has 1 saturated heterocycles. The fraction of sp³-hybridized carbons (Fsp3) is 0.333. The lowest BCUT2D eigenvalue weighted by molar-refractivity contribution is -0.0488. The lowest BCUT2D eigenvalue weighted by atomic mass is 10.1. The van der Waals surface area contributed by atoms with Crippen LogP contribution < -0.4 is 4.74 Å². The average Bonchev–Trinajstić information content (AvgIpc) is 2.62. The number of ether oxygens (including phenoxy) is 2. The van der Waals surface area contributed by atoms with Crippen LogP contribution in [0, 0.1) is 0 Å². The molecule has 1 aliphatic heterocycles. The van der Waals surface area contributed by atoms with Gasteiger partial charge in [0.25, 0.3) is 5.91 Å². The van der Waals surface area contributed by atoms with E-state index < -0.39 is 0 Å². The highest BCUT2D eigenvalue weighted by Crippen LogP contribution is 2.26. The first-order chi connectivity index (χ1) is 11.2. The van der Waals surface area contributed by atoms with Crippen molar-refractivity contribution in [2.45, 2.75) is 19.1 Å². The number of carbonyl (C=O) groups excluding carboxylic acids is 1. The van der Waals surface area contributed by atoms with Crippen LogP contribution in [0.25, 0.3) is 0 Å². The molecule has 2 heterocycles. The lowest BCUT2D eigenvalue weighted by Crippen LogP contribution is -2.48. The Balaban J connectivity index is 1.80. The minimum atomic E-state index is -0.109. The van der Waals surface area contributed by atoms with E-state index in [1.54, 1.807) is 25.4 Å². The predicted molar refractivity (Wildman–Crippen MR) is 86.4 cm³/mol. The van der Waals surface area contributed by atoms with E-state index in [1.807, 2.05) is 42.2 Å². The fourth-order valence-electron chi connectivity index (χ4n) is 2.71. The predicted octanol–water partition coefficient (Wildman–Crippen LogP) is 2.69. The average molecular weight is 312 g/mol. The largest absolute Gasteiger partial charge is 0.497 e. The monoisotopic (exact) mass is 312 g/mol. The van der Waals surface area contributed by atoms with Crippen molar-refractivity contribution in [2.75, 3.05) is 20.3 Å². The third-order valence-corrected chi connectivity index (χ3v) is 4.05. The normalized spacial score (nSPS) is 21.0. The van der Waals surface area contributed by atoms with Crippen LogP contribution in [0.4, 0.5) is 0 Å². The Morgan fingerprint density at radius 3 is 2.83 bits per heavy atom. The lowest BCUT2D eigenvalue weighted by Gasteiger charge is -2.38. The van der Waals surface area contributed by atoms with E-state index in [-0.39, 0.29) is 18.1 Å². The van der Waals surface area contributed by atoms with Crippen molar-refractivity contribution in [1.82, 2.24) is 9.88 Å². The highest BCUT2D eigenvalue weighted by atomic mass is 16.5. The van der Waals surface area contributed by atoms with Crippen molar-refractivity contribution in [3.05, 3.63) is 59.9 Å². The Morgan fingerprint density at radius 2 is 2.09 bits per heavy atom. The first-order valence-electron chi connectivity index (χ1n) is 7.66. The minimum absolute atomic E-state index is 0.00969. The van der Waals surface area contributed by atoms with E-state index in [2.05, 4.69) is 4.98 Å². The first-order valence-corrected chi connectivity index (χ1v) is 7.66. The topological polar surface area (TPSA) is 51.7 Å². The summed E-state index contributed by atoms with van der Waals surface area (Å²) in [4.78, 5) is 18.8. The highest BCUT2D eigenvalue weighted by molar-refractivity contribution is 5.93. The molecule has 0 spiro atoms. The van der Waals surface area contributed by atoms with Crippen LogP contribution in [-0.2, 0) is 4.74 Å². The maximum Gasteiger partial charge on any atom is 0.273 e. The summed E-state index contributed by atoms with van der Waals surface area (Å²) < 4.78 is 11.1. The Kier molecular flexibility index (Phi) is 4.57. The third-order valence-electron chi connectivity index (χ3n) is 4.05. The molecule has 5 heteroatoms. The molecule has 1 aromatic heterocycles. The number of methoxy groups -OCH3 is 1. The molecule has 0 radical (unpaired) electrons. The molecule has 1 fully saturated rings. The molecule has 5 nitrogen and oxygen atoms in total. The van der Waals surface area contributed by atoms with Crippen molar-refractivity contribution in [2.24, 2.45) is 0 Å². The Labute approximate surface area is 135 Å². The van der Waals surface area contributed by atoms with Crippen molar-refractivity contribution >= 4 is 5.91 Å². The quantitative estimate of drug-likeness (QED) is 0.874. The number of benzene rings is 1. The Bertz CT molecular complexity index is 675. The molecule has 0 aliphatic carbocycles. The zero-order valence-corrected chi connectivity index (χ0v) is 13.3. The number of hydrogen-bond donors (Lipinski definition) is 0. The number of rotatable bonds is 3. The summed E-state index contributed by atoms with van der Waals surface area (Å²) >= 11 is 0. The SMILES string of the molecule is COc1ccnc(C(=O)N2C[C@H](c3ccccc3)OC[C@H]2C)c1. The van der Waals surface area contributed by atoms with Crippen LogP contribution in [0.15, 0.2) is 48.7 Å². The van der Waals surface area contributed by atoms with E-state index in [1.165, 1.54) is 0 Å². The molecule has 1 aliphatic rings. The van der Waals surface area contributed by atoms with Gasteiger partial charge in [0.15, 0.2) is 0 Å². The molecule has 1 amide bonds. The van der Waals surface area contributed by atoms with Gasteiger partial charge < -0.3 is 14.4 Å². The van der Waals surface area contributed by atoms with Gasteiger partial charge >= 0.3 is 0 Å². The number of carbonyl (C=O) groups is 1. The third kappa shape index (κ3) is 3.35. The Hall–Kier alpha value is -2.40. The van der Waals surface area contributed by atoms with E-state index in [0.29, 0.717) is 24.6 Å². The summed E-state index contributed by atoms with van der Waals surface area (Å²) in [5.41, 5.74) is 1.47. The van der Waals surface area contributed by atoms with Crippen LogP contribution in [0.2, 0.25) is 0 Å². The van der Waals surface area contributed by atoms with Crippen molar-refractivity contribution in [1.29, 1.82) is 0 Å².